The lowest BCUT2D eigenvalue weighted by atomic mass is 10.2. The first-order chi connectivity index (χ1) is 9.30. The molecule has 0 bridgehead atoms. The first-order valence-corrected chi connectivity index (χ1v) is 9.27. The molecule has 2 aromatic rings. The van der Waals surface area contributed by atoms with Gasteiger partial charge in [0, 0.05) is 18.6 Å². The van der Waals surface area contributed by atoms with Crippen LogP contribution < -0.4 is 0 Å². The van der Waals surface area contributed by atoms with Crippen LogP contribution >= 0.6 is 50.5 Å². The maximum atomic E-state index is 12.4. The van der Waals surface area contributed by atoms with Gasteiger partial charge >= 0.3 is 0 Å². The van der Waals surface area contributed by atoms with Crippen LogP contribution in [-0.4, -0.2) is 19.8 Å². The molecule has 1 aromatic heterocycles. The second-order valence-corrected chi connectivity index (χ2v) is 9.56. The van der Waals surface area contributed by atoms with E-state index in [1.165, 1.54) is 17.4 Å². The van der Waals surface area contributed by atoms with E-state index in [0.717, 1.165) is 16.9 Å². The highest BCUT2D eigenvalue weighted by atomic mass is 79.9. The molecule has 3 nitrogen and oxygen atoms in total. The SMILES string of the molecule is CN(Cc1ccc(Cl)cc1)S(=O)(=O)c1cc(Cl)c(Br)s1. The zero-order valence-corrected chi connectivity index (χ0v) is 15.0. The third-order valence-electron chi connectivity index (χ3n) is 2.61. The van der Waals surface area contributed by atoms with Gasteiger partial charge in [-0.1, -0.05) is 35.3 Å². The van der Waals surface area contributed by atoms with Crippen molar-refractivity contribution in [3.8, 4) is 0 Å². The molecule has 0 saturated carbocycles. The van der Waals surface area contributed by atoms with E-state index < -0.39 is 10.0 Å². The molecule has 8 heteroatoms. The van der Waals surface area contributed by atoms with Gasteiger partial charge in [-0.25, -0.2) is 8.42 Å². The van der Waals surface area contributed by atoms with Crippen LogP contribution in [-0.2, 0) is 16.6 Å². The van der Waals surface area contributed by atoms with Gasteiger partial charge in [0.15, 0.2) is 0 Å². The van der Waals surface area contributed by atoms with Crippen LogP contribution in [0.15, 0.2) is 38.3 Å². The van der Waals surface area contributed by atoms with E-state index in [2.05, 4.69) is 15.9 Å². The first kappa shape index (κ1) is 16.3. The van der Waals surface area contributed by atoms with Crippen molar-refractivity contribution in [3.05, 3.63) is 49.7 Å². The molecule has 0 saturated heterocycles. The van der Waals surface area contributed by atoms with Gasteiger partial charge in [0.1, 0.15) is 4.21 Å². The number of halogens is 3. The van der Waals surface area contributed by atoms with Crippen LogP contribution in [0, 0.1) is 0 Å². The van der Waals surface area contributed by atoms with Crippen molar-refractivity contribution in [2.45, 2.75) is 10.8 Å². The summed E-state index contributed by atoms with van der Waals surface area (Å²) in [4.78, 5) is 0. The Labute approximate surface area is 140 Å². The molecule has 0 spiro atoms. The fraction of sp³-hybridized carbons (Fsp3) is 0.167. The summed E-state index contributed by atoms with van der Waals surface area (Å²) in [5, 5.41) is 1.02. The van der Waals surface area contributed by atoms with Crippen LogP contribution in [0.2, 0.25) is 10.0 Å². The van der Waals surface area contributed by atoms with Crippen molar-refractivity contribution >= 4 is 60.5 Å². The number of hydrogen-bond acceptors (Lipinski definition) is 3. The molecule has 0 N–H and O–H groups in total. The first-order valence-electron chi connectivity index (χ1n) is 5.46. The third-order valence-corrected chi connectivity index (χ3v) is 7.58. The number of hydrogen-bond donors (Lipinski definition) is 0. The molecule has 0 unspecified atom stereocenters. The highest BCUT2D eigenvalue weighted by Crippen LogP contribution is 2.35. The summed E-state index contributed by atoms with van der Waals surface area (Å²) in [5.74, 6) is 0. The molecule has 0 fully saturated rings. The average molecular weight is 415 g/mol. The van der Waals surface area contributed by atoms with Crippen LogP contribution in [0.4, 0.5) is 0 Å². The molecular weight excluding hydrogens is 405 g/mol. The summed E-state index contributed by atoms with van der Waals surface area (Å²) in [6.45, 7) is 0.270. The molecule has 1 heterocycles. The van der Waals surface area contributed by atoms with Gasteiger partial charge in [0.05, 0.1) is 8.81 Å². The molecular formula is C12H10BrCl2NO2S2. The zero-order valence-electron chi connectivity index (χ0n) is 10.3. The van der Waals surface area contributed by atoms with Gasteiger partial charge in [-0.2, -0.15) is 4.31 Å². The topological polar surface area (TPSA) is 37.4 Å². The lowest BCUT2D eigenvalue weighted by Crippen LogP contribution is -2.25. The Morgan fingerprint density at radius 2 is 1.85 bits per heavy atom. The Bertz CT molecular complexity index is 694. The molecule has 0 aliphatic heterocycles. The predicted molar refractivity (Wildman–Crippen MR) is 87.1 cm³/mol. The van der Waals surface area contributed by atoms with Gasteiger partial charge in [-0.05, 0) is 39.7 Å². The Morgan fingerprint density at radius 1 is 1.25 bits per heavy atom. The monoisotopic (exact) mass is 413 g/mol. The minimum atomic E-state index is -3.54. The van der Waals surface area contributed by atoms with E-state index in [-0.39, 0.29) is 10.8 Å². The smallest absolute Gasteiger partial charge is 0.206 e. The van der Waals surface area contributed by atoms with Crippen LogP contribution in [0.3, 0.4) is 0 Å². The van der Waals surface area contributed by atoms with E-state index >= 15 is 0 Å². The molecule has 0 amide bonds. The Balaban J connectivity index is 2.23. The van der Waals surface area contributed by atoms with Gasteiger partial charge in [-0.15, -0.1) is 11.3 Å². The van der Waals surface area contributed by atoms with Crippen molar-refractivity contribution in [2.24, 2.45) is 0 Å². The van der Waals surface area contributed by atoms with E-state index in [4.69, 9.17) is 23.2 Å². The third kappa shape index (κ3) is 3.55. The summed E-state index contributed by atoms with van der Waals surface area (Å²) in [6, 6.07) is 8.51. The molecule has 108 valence electrons. The van der Waals surface area contributed by atoms with Crippen LogP contribution in [0.25, 0.3) is 0 Å². The number of benzene rings is 1. The Hall–Kier alpha value is -0.110. The van der Waals surface area contributed by atoms with E-state index in [9.17, 15) is 8.42 Å². The number of thiophene rings is 1. The predicted octanol–water partition coefficient (Wildman–Crippen LogP) is 4.64. The molecule has 2 rings (SSSR count). The number of nitrogens with zero attached hydrogens (tertiary/aromatic N) is 1. The summed E-state index contributed by atoms with van der Waals surface area (Å²) in [6.07, 6.45) is 0. The second-order valence-electron chi connectivity index (χ2n) is 4.07. The minimum Gasteiger partial charge on any atom is -0.206 e. The summed E-state index contributed by atoms with van der Waals surface area (Å²) < 4.78 is 26.9. The molecule has 20 heavy (non-hydrogen) atoms. The van der Waals surface area contributed by atoms with Crippen molar-refractivity contribution < 1.29 is 8.42 Å². The van der Waals surface area contributed by atoms with Crippen LogP contribution in [0.5, 0.6) is 0 Å². The normalized spacial score (nSPS) is 12.1. The second kappa shape index (κ2) is 6.34. The summed E-state index contributed by atoms with van der Waals surface area (Å²) in [5.41, 5.74) is 0.863. The summed E-state index contributed by atoms with van der Waals surface area (Å²) in [7, 11) is -2.01. The largest absolute Gasteiger partial charge is 0.252 e. The van der Waals surface area contributed by atoms with Crippen molar-refractivity contribution in [2.75, 3.05) is 7.05 Å². The van der Waals surface area contributed by atoms with Gasteiger partial charge in [0.2, 0.25) is 0 Å². The lowest BCUT2D eigenvalue weighted by Gasteiger charge is -2.16. The molecule has 1 aromatic carbocycles. The Kier molecular flexibility index (Phi) is 5.15. The number of sulfonamides is 1. The molecule has 0 aliphatic rings. The Morgan fingerprint density at radius 3 is 2.35 bits per heavy atom. The minimum absolute atomic E-state index is 0.214. The lowest BCUT2D eigenvalue weighted by molar-refractivity contribution is 0.468. The van der Waals surface area contributed by atoms with E-state index in [1.807, 2.05) is 0 Å². The van der Waals surface area contributed by atoms with Crippen LogP contribution in [0.1, 0.15) is 5.56 Å². The molecule has 0 radical (unpaired) electrons. The molecule has 0 aliphatic carbocycles. The fourth-order valence-corrected chi connectivity index (χ4v) is 5.43. The maximum Gasteiger partial charge on any atom is 0.252 e. The zero-order chi connectivity index (χ0) is 14.9. The summed E-state index contributed by atoms with van der Waals surface area (Å²) >= 11 is 16.0. The van der Waals surface area contributed by atoms with Crippen molar-refractivity contribution in [1.29, 1.82) is 0 Å². The highest BCUT2D eigenvalue weighted by Gasteiger charge is 2.24. The number of rotatable bonds is 4. The fourth-order valence-electron chi connectivity index (χ4n) is 1.54. The van der Waals surface area contributed by atoms with Gasteiger partial charge in [0.25, 0.3) is 10.0 Å². The van der Waals surface area contributed by atoms with E-state index in [0.29, 0.717) is 13.8 Å². The van der Waals surface area contributed by atoms with Crippen molar-refractivity contribution in [1.82, 2.24) is 4.31 Å². The maximum absolute atomic E-state index is 12.4. The van der Waals surface area contributed by atoms with E-state index in [1.54, 1.807) is 24.3 Å². The van der Waals surface area contributed by atoms with Gasteiger partial charge in [-0.3, -0.25) is 0 Å². The molecule has 0 atom stereocenters. The van der Waals surface area contributed by atoms with Crippen molar-refractivity contribution in [3.63, 3.8) is 0 Å². The highest BCUT2D eigenvalue weighted by molar-refractivity contribution is 9.11. The van der Waals surface area contributed by atoms with Gasteiger partial charge < -0.3 is 0 Å². The standard InChI is InChI=1S/C12H10BrCl2NO2S2/c1-16(7-8-2-4-9(14)5-3-8)20(17,18)11-6-10(15)12(13)19-11/h2-6H,7H2,1H3. The average Bonchev–Trinajstić information content (AvgIpc) is 2.73. The quantitative estimate of drug-likeness (QED) is 0.730.